The molecule has 0 saturated carbocycles. The second-order valence-electron chi connectivity index (χ2n) is 7.80. The molecule has 2 aromatic heterocycles. The van der Waals surface area contributed by atoms with E-state index in [9.17, 15) is 8.78 Å². The topological polar surface area (TPSA) is 34.8 Å². The molecule has 4 aromatic rings. The Balaban J connectivity index is 1.22. The van der Waals surface area contributed by atoms with Gasteiger partial charge in [0.25, 0.3) is 0 Å². The fourth-order valence-corrected chi connectivity index (χ4v) is 4.46. The maximum atomic E-state index is 13.9. The van der Waals surface area contributed by atoms with Gasteiger partial charge in [-0.15, -0.1) is 0 Å². The van der Waals surface area contributed by atoms with Gasteiger partial charge >= 0.3 is 0 Å². The molecule has 0 spiro atoms. The van der Waals surface area contributed by atoms with E-state index in [0.29, 0.717) is 11.3 Å². The third-order valence-corrected chi connectivity index (χ3v) is 6.09. The molecule has 2 N–H and O–H groups in total. The van der Waals surface area contributed by atoms with Crippen LogP contribution in [-0.4, -0.2) is 34.5 Å². The van der Waals surface area contributed by atoms with Gasteiger partial charge in [0, 0.05) is 46.2 Å². The Bertz CT molecular complexity index is 1120. The van der Waals surface area contributed by atoms with Crippen molar-refractivity contribution in [3.63, 3.8) is 0 Å². The summed E-state index contributed by atoms with van der Waals surface area (Å²) in [5.41, 5.74) is 4.18. The molecule has 2 aromatic carbocycles. The first-order valence-electron chi connectivity index (χ1n) is 9.92. The number of hydrogen-bond acceptors (Lipinski definition) is 1. The van der Waals surface area contributed by atoms with Crippen LogP contribution in [0.5, 0.6) is 0 Å². The zero-order valence-electron chi connectivity index (χ0n) is 15.6. The molecule has 0 aliphatic carbocycles. The summed E-state index contributed by atoms with van der Waals surface area (Å²) in [7, 11) is 0. The molecule has 0 unspecified atom stereocenters. The molecule has 1 aliphatic rings. The van der Waals surface area contributed by atoms with E-state index < -0.39 is 0 Å². The van der Waals surface area contributed by atoms with Crippen molar-refractivity contribution in [2.75, 3.05) is 19.6 Å². The maximum absolute atomic E-state index is 13.9. The third kappa shape index (κ3) is 3.20. The minimum Gasteiger partial charge on any atom is -0.361 e. The smallest absolute Gasteiger partial charge is 0.132 e. The number of rotatable bonds is 4. The van der Waals surface area contributed by atoms with Crippen LogP contribution in [0.2, 0.25) is 0 Å². The molecule has 0 amide bonds. The van der Waals surface area contributed by atoms with Crippen molar-refractivity contribution >= 4 is 21.8 Å². The van der Waals surface area contributed by atoms with Gasteiger partial charge in [-0.25, -0.2) is 8.78 Å². The number of hydrogen-bond donors (Lipinski definition) is 2. The highest BCUT2D eigenvalue weighted by Crippen LogP contribution is 2.31. The Morgan fingerprint density at radius 1 is 0.964 bits per heavy atom. The number of H-pyrrole nitrogens is 2. The number of halogens is 2. The first kappa shape index (κ1) is 17.4. The van der Waals surface area contributed by atoms with Crippen LogP contribution in [-0.2, 0) is 6.42 Å². The summed E-state index contributed by atoms with van der Waals surface area (Å²) in [6.45, 7) is 3.02. The van der Waals surface area contributed by atoms with Gasteiger partial charge in [0.15, 0.2) is 0 Å². The third-order valence-electron chi connectivity index (χ3n) is 6.09. The molecule has 5 heteroatoms. The molecule has 5 rings (SSSR count). The second-order valence-corrected chi connectivity index (χ2v) is 7.80. The molecule has 0 radical (unpaired) electrons. The van der Waals surface area contributed by atoms with Crippen molar-refractivity contribution in [1.29, 1.82) is 0 Å². The molecule has 0 bridgehead atoms. The number of likely N-dealkylation sites (tertiary alicyclic amines) is 1. The van der Waals surface area contributed by atoms with E-state index in [4.69, 9.17) is 0 Å². The summed E-state index contributed by atoms with van der Waals surface area (Å²) >= 11 is 0. The number of benzene rings is 2. The number of nitrogens with zero attached hydrogens (tertiary/aromatic N) is 1. The minimum absolute atomic E-state index is 0.160. The van der Waals surface area contributed by atoms with Crippen LogP contribution >= 0.6 is 0 Å². The highest BCUT2D eigenvalue weighted by Gasteiger charge is 2.22. The normalized spacial score (nSPS) is 16.4. The molecular weight excluding hydrogens is 356 g/mol. The number of nitrogens with one attached hydrogen (secondary N) is 2. The summed E-state index contributed by atoms with van der Waals surface area (Å²) in [5.74, 6) is 0.0989. The Labute approximate surface area is 162 Å². The van der Waals surface area contributed by atoms with Gasteiger partial charge in [-0.2, -0.15) is 0 Å². The van der Waals surface area contributed by atoms with Gasteiger partial charge in [0.1, 0.15) is 11.6 Å². The Hall–Kier alpha value is -2.66. The van der Waals surface area contributed by atoms with Crippen molar-refractivity contribution in [1.82, 2.24) is 14.9 Å². The monoisotopic (exact) mass is 379 g/mol. The number of aromatic amines is 2. The van der Waals surface area contributed by atoms with Crippen LogP contribution in [0.1, 0.15) is 30.0 Å². The van der Waals surface area contributed by atoms with Crippen LogP contribution < -0.4 is 0 Å². The van der Waals surface area contributed by atoms with E-state index in [1.807, 2.05) is 18.3 Å². The lowest BCUT2D eigenvalue weighted by atomic mass is 9.93. The quantitative estimate of drug-likeness (QED) is 0.493. The summed E-state index contributed by atoms with van der Waals surface area (Å²) in [4.78, 5) is 9.10. The zero-order valence-corrected chi connectivity index (χ0v) is 15.6. The van der Waals surface area contributed by atoms with Crippen LogP contribution in [0, 0.1) is 11.6 Å². The van der Waals surface area contributed by atoms with E-state index in [-0.39, 0.29) is 11.6 Å². The van der Waals surface area contributed by atoms with Crippen molar-refractivity contribution in [2.24, 2.45) is 0 Å². The summed E-state index contributed by atoms with van der Waals surface area (Å²) in [5, 5.41) is 1.67. The standard InChI is InChI=1S/C23H23F2N3/c24-17-4-5-21-18(12-17)16(14-26-21)8-11-28-9-6-15(7-10-28)23-13-19-20(25)2-1-3-22(19)27-23/h1-5,12-15,26-27H,6-11H2. The average Bonchev–Trinajstić information content (AvgIpc) is 3.31. The number of fused-ring (bicyclic) bond motifs is 2. The summed E-state index contributed by atoms with van der Waals surface area (Å²) in [6, 6.07) is 12.1. The lowest BCUT2D eigenvalue weighted by molar-refractivity contribution is 0.213. The van der Waals surface area contributed by atoms with Gasteiger partial charge in [-0.3, -0.25) is 0 Å². The molecule has 3 nitrogen and oxygen atoms in total. The minimum atomic E-state index is -0.191. The summed E-state index contributed by atoms with van der Waals surface area (Å²) in [6.07, 6.45) is 5.04. The average molecular weight is 379 g/mol. The highest BCUT2D eigenvalue weighted by atomic mass is 19.1. The predicted octanol–water partition coefficient (Wildman–Crippen LogP) is 5.35. The second kappa shape index (κ2) is 7.06. The van der Waals surface area contributed by atoms with Gasteiger partial charge < -0.3 is 14.9 Å². The van der Waals surface area contributed by atoms with Crippen LogP contribution in [0.15, 0.2) is 48.7 Å². The van der Waals surface area contributed by atoms with Crippen molar-refractivity contribution < 1.29 is 8.78 Å². The fourth-order valence-electron chi connectivity index (χ4n) is 4.46. The van der Waals surface area contributed by atoms with E-state index in [2.05, 4.69) is 14.9 Å². The molecule has 3 heterocycles. The zero-order chi connectivity index (χ0) is 19.1. The van der Waals surface area contributed by atoms with Gasteiger partial charge in [-0.05, 0) is 74.3 Å². The van der Waals surface area contributed by atoms with E-state index >= 15 is 0 Å². The van der Waals surface area contributed by atoms with Gasteiger partial charge in [-0.1, -0.05) is 6.07 Å². The number of aromatic nitrogens is 2. The van der Waals surface area contributed by atoms with E-state index in [1.165, 1.54) is 17.7 Å². The van der Waals surface area contributed by atoms with Crippen LogP contribution in [0.25, 0.3) is 21.8 Å². The van der Waals surface area contributed by atoms with Gasteiger partial charge in [0.05, 0.1) is 0 Å². The van der Waals surface area contributed by atoms with Crippen LogP contribution in [0.3, 0.4) is 0 Å². The molecule has 1 fully saturated rings. The van der Waals surface area contributed by atoms with E-state index in [0.717, 1.165) is 61.0 Å². The Morgan fingerprint density at radius 2 is 1.82 bits per heavy atom. The molecule has 1 saturated heterocycles. The van der Waals surface area contributed by atoms with Crippen molar-refractivity contribution in [2.45, 2.75) is 25.2 Å². The SMILES string of the molecule is Fc1ccc2[nH]cc(CCN3CCC(c4cc5c(F)cccc5[nH]4)CC3)c2c1. The predicted molar refractivity (Wildman–Crippen MR) is 109 cm³/mol. The summed E-state index contributed by atoms with van der Waals surface area (Å²) < 4.78 is 27.5. The lowest BCUT2D eigenvalue weighted by Gasteiger charge is -2.31. The Kier molecular flexibility index (Phi) is 4.40. The van der Waals surface area contributed by atoms with Gasteiger partial charge in [0.2, 0.25) is 0 Å². The number of piperidine rings is 1. The fraction of sp³-hybridized carbons (Fsp3) is 0.304. The molecule has 0 atom stereocenters. The largest absolute Gasteiger partial charge is 0.361 e. The molecule has 144 valence electrons. The first-order chi connectivity index (χ1) is 13.7. The lowest BCUT2D eigenvalue weighted by Crippen LogP contribution is -2.34. The molecule has 28 heavy (non-hydrogen) atoms. The van der Waals surface area contributed by atoms with Crippen molar-refractivity contribution in [3.8, 4) is 0 Å². The van der Waals surface area contributed by atoms with Crippen molar-refractivity contribution in [3.05, 3.63) is 71.6 Å². The maximum Gasteiger partial charge on any atom is 0.132 e. The van der Waals surface area contributed by atoms with Crippen LogP contribution in [0.4, 0.5) is 8.78 Å². The molecule has 1 aliphatic heterocycles. The highest BCUT2D eigenvalue weighted by molar-refractivity contribution is 5.83. The van der Waals surface area contributed by atoms with E-state index in [1.54, 1.807) is 18.2 Å². The first-order valence-corrected chi connectivity index (χ1v) is 9.92. The Morgan fingerprint density at radius 3 is 2.64 bits per heavy atom. The molecular formula is C23H23F2N3.